The summed E-state index contributed by atoms with van der Waals surface area (Å²) in [6.07, 6.45) is 0.918. The van der Waals surface area contributed by atoms with E-state index in [4.69, 9.17) is 0 Å². The van der Waals surface area contributed by atoms with Crippen molar-refractivity contribution in [1.29, 1.82) is 0 Å². The SMILES string of the molecule is Cc1cc(C)n(CCCN2CC(=O)CC2=O)n1. The Labute approximate surface area is 100 Å². The van der Waals surface area contributed by atoms with Crippen LogP contribution in [0.15, 0.2) is 6.07 Å². The minimum atomic E-state index is -0.0385. The molecule has 0 bridgehead atoms. The molecule has 1 aromatic rings. The van der Waals surface area contributed by atoms with Crippen LogP contribution in [0.4, 0.5) is 0 Å². The van der Waals surface area contributed by atoms with Crippen LogP contribution in [0.1, 0.15) is 24.2 Å². The number of aromatic nitrogens is 2. The minimum Gasteiger partial charge on any atom is -0.335 e. The zero-order valence-electron chi connectivity index (χ0n) is 10.3. The maximum Gasteiger partial charge on any atom is 0.230 e. The lowest BCUT2D eigenvalue weighted by atomic mass is 10.3. The van der Waals surface area contributed by atoms with E-state index in [0.29, 0.717) is 6.54 Å². The van der Waals surface area contributed by atoms with Crippen LogP contribution < -0.4 is 0 Å². The first kappa shape index (κ1) is 11.8. The van der Waals surface area contributed by atoms with Crippen molar-refractivity contribution < 1.29 is 9.59 Å². The van der Waals surface area contributed by atoms with E-state index in [2.05, 4.69) is 5.10 Å². The summed E-state index contributed by atoms with van der Waals surface area (Å²) in [5.74, 6) is -0.00974. The van der Waals surface area contributed by atoms with Crippen molar-refractivity contribution in [1.82, 2.24) is 14.7 Å². The molecular weight excluding hydrogens is 218 g/mol. The van der Waals surface area contributed by atoms with Gasteiger partial charge in [-0.3, -0.25) is 14.3 Å². The molecule has 1 aliphatic heterocycles. The Morgan fingerprint density at radius 1 is 1.29 bits per heavy atom. The smallest absolute Gasteiger partial charge is 0.230 e. The van der Waals surface area contributed by atoms with Crippen molar-refractivity contribution in [3.05, 3.63) is 17.5 Å². The third kappa shape index (κ3) is 2.72. The summed E-state index contributed by atoms with van der Waals surface area (Å²) in [6, 6.07) is 2.03. The molecule has 1 amide bonds. The van der Waals surface area contributed by atoms with Crippen molar-refractivity contribution in [2.75, 3.05) is 13.1 Å². The molecule has 0 aliphatic carbocycles. The number of ketones is 1. The van der Waals surface area contributed by atoms with Crippen molar-refractivity contribution in [3.8, 4) is 0 Å². The quantitative estimate of drug-likeness (QED) is 0.721. The second-order valence-corrected chi connectivity index (χ2v) is 4.53. The average Bonchev–Trinajstić information content (AvgIpc) is 2.71. The Kier molecular flexibility index (Phi) is 3.26. The predicted molar refractivity (Wildman–Crippen MR) is 62.5 cm³/mol. The van der Waals surface area contributed by atoms with Gasteiger partial charge in [0.1, 0.15) is 0 Å². The molecule has 17 heavy (non-hydrogen) atoms. The molecule has 0 radical (unpaired) electrons. The minimum absolute atomic E-state index is 0.0288. The Morgan fingerprint density at radius 3 is 2.59 bits per heavy atom. The number of nitrogens with zero attached hydrogens (tertiary/aromatic N) is 3. The van der Waals surface area contributed by atoms with Gasteiger partial charge in [0.15, 0.2) is 5.78 Å². The number of Topliss-reactive ketones (excluding diaryl/α,β-unsaturated/α-hetero) is 1. The molecule has 5 nitrogen and oxygen atoms in total. The van der Waals surface area contributed by atoms with E-state index >= 15 is 0 Å². The average molecular weight is 235 g/mol. The molecule has 0 N–H and O–H groups in total. The van der Waals surface area contributed by atoms with Crippen LogP contribution in [0.3, 0.4) is 0 Å². The molecule has 0 spiro atoms. The highest BCUT2D eigenvalue weighted by atomic mass is 16.2. The molecule has 2 rings (SSSR count). The van der Waals surface area contributed by atoms with E-state index in [1.54, 1.807) is 4.90 Å². The molecule has 2 heterocycles. The van der Waals surface area contributed by atoms with Crippen LogP contribution in [0.25, 0.3) is 0 Å². The van der Waals surface area contributed by atoms with Crippen LogP contribution in [0.2, 0.25) is 0 Å². The van der Waals surface area contributed by atoms with Crippen molar-refractivity contribution in [2.24, 2.45) is 0 Å². The number of carbonyl (C=O) groups is 2. The van der Waals surface area contributed by atoms with Gasteiger partial charge in [0, 0.05) is 18.8 Å². The first-order chi connectivity index (χ1) is 8.06. The van der Waals surface area contributed by atoms with E-state index in [1.807, 2.05) is 24.6 Å². The Hall–Kier alpha value is -1.65. The Bertz CT molecular complexity index is 451. The second kappa shape index (κ2) is 4.69. The van der Waals surface area contributed by atoms with E-state index < -0.39 is 0 Å². The molecule has 1 aromatic heterocycles. The molecule has 0 atom stereocenters. The lowest BCUT2D eigenvalue weighted by Crippen LogP contribution is -2.27. The molecular formula is C12H17N3O2. The maximum atomic E-state index is 11.4. The van der Waals surface area contributed by atoms with Gasteiger partial charge < -0.3 is 4.90 Å². The van der Waals surface area contributed by atoms with E-state index in [1.165, 1.54) is 0 Å². The van der Waals surface area contributed by atoms with Gasteiger partial charge in [-0.25, -0.2) is 0 Å². The second-order valence-electron chi connectivity index (χ2n) is 4.53. The van der Waals surface area contributed by atoms with E-state index in [-0.39, 0.29) is 24.7 Å². The van der Waals surface area contributed by atoms with Crippen LogP contribution in [0, 0.1) is 13.8 Å². The van der Waals surface area contributed by atoms with Crippen LogP contribution in [0.5, 0.6) is 0 Å². The summed E-state index contributed by atoms with van der Waals surface area (Å²) in [7, 11) is 0. The summed E-state index contributed by atoms with van der Waals surface area (Å²) in [5.41, 5.74) is 2.14. The number of likely N-dealkylation sites (tertiary alicyclic amines) is 1. The fraction of sp³-hybridized carbons (Fsp3) is 0.583. The number of hydrogen-bond acceptors (Lipinski definition) is 3. The zero-order valence-corrected chi connectivity index (χ0v) is 10.3. The van der Waals surface area contributed by atoms with Gasteiger partial charge in [0.05, 0.1) is 18.7 Å². The van der Waals surface area contributed by atoms with Crippen LogP contribution >= 0.6 is 0 Å². The summed E-state index contributed by atoms with van der Waals surface area (Å²) in [6.45, 7) is 5.70. The fourth-order valence-electron chi connectivity index (χ4n) is 2.15. The van der Waals surface area contributed by atoms with Gasteiger partial charge in [-0.15, -0.1) is 0 Å². The molecule has 0 unspecified atom stereocenters. The summed E-state index contributed by atoms with van der Waals surface area (Å²) < 4.78 is 1.94. The fourth-order valence-corrected chi connectivity index (χ4v) is 2.15. The number of carbonyl (C=O) groups excluding carboxylic acids is 2. The third-order valence-electron chi connectivity index (χ3n) is 2.97. The van der Waals surface area contributed by atoms with Gasteiger partial charge >= 0.3 is 0 Å². The van der Waals surface area contributed by atoms with Gasteiger partial charge in [0.25, 0.3) is 0 Å². The first-order valence-corrected chi connectivity index (χ1v) is 5.87. The molecule has 0 saturated carbocycles. The van der Waals surface area contributed by atoms with Crippen molar-refractivity contribution >= 4 is 11.7 Å². The molecule has 1 aliphatic rings. The summed E-state index contributed by atoms with van der Waals surface area (Å²) >= 11 is 0. The first-order valence-electron chi connectivity index (χ1n) is 5.87. The monoisotopic (exact) mass is 235 g/mol. The number of amides is 1. The van der Waals surface area contributed by atoms with E-state index in [0.717, 1.165) is 24.4 Å². The summed E-state index contributed by atoms with van der Waals surface area (Å²) in [5, 5.41) is 4.35. The number of aryl methyl sites for hydroxylation is 3. The van der Waals surface area contributed by atoms with Gasteiger partial charge in [-0.2, -0.15) is 5.10 Å². The molecule has 0 aromatic carbocycles. The lowest BCUT2D eigenvalue weighted by molar-refractivity contribution is -0.127. The zero-order chi connectivity index (χ0) is 12.4. The number of hydrogen-bond donors (Lipinski definition) is 0. The van der Waals surface area contributed by atoms with E-state index in [9.17, 15) is 9.59 Å². The largest absolute Gasteiger partial charge is 0.335 e. The molecule has 92 valence electrons. The topological polar surface area (TPSA) is 55.2 Å². The molecule has 5 heteroatoms. The van der Waals surface area contributed by atoms with Crippen LogP contribution in [-0.2, 0) is 16.1 Å². The Morgan fingerprint density at radius 2 is 2.06 bits per heavy atom. The molecule has 1 fully saturated rings. The highest BCUT2D eigenvalue weighted by molar-refractivity contribution is 6.05. The van der Waals surface area contributed by atoms with Crippen molar-refractivity contribution in [3.63, 3.8) is 0 Å². The highest BCUT2D eigenvalue weighted by Crippen LogP contribution is 2.08. The maximum absolute atomic E-state index is 11.4. The lowest BCUT2D eigenvalue weighted by Gasteiger charge is -2.14. The van der Waals surface area contributed by atoms with Gasteiger partial charge in [0.2, 0.25) is 5.91 Å². The standard InChI is InChI=1S/C12H17N3O2/c1-9-6-10(2)15(13-9)5-3-4-14-8-11(16)7-12(14)17/h6H,3-5,7-8H2,1-2H3. The molecule has 1 saturated heterocycles. The van der Waals surface area contributed by atoms with Crippen LogP contribution in [-0.4, -0.2) is 39.5 Å². The highest BCUT2D eigenvalue weighted by Gasteiger charge is 2.26. The van der Waals surface area contributed by atoms with Gasteiger partial charge in [-0.05, 0) is 26.3 Å². The van der Waals surface area contributed by atoms with Crippen molar-refractivity contribution in [2.45, 2.75) is 33.2 Å². The number of rotatable bonds is 4. The van der Waals surface area contributed by atoms with Gasteiger partial charge in [-0.1, -0.05) is 0 Å². The normalized spacial score (nSPS) is 16.0. The third-order valence-corrected chi connectivity index (χ3v) is 2.97. The predicted octanol–water partition coefficient (Wildman–Crippen LogP) is 0.691. The Balaban J connectivity index is 1.82. The summed E-state index contributed by atoms with van der Waals surface area (Å²) in [4.78, 5) is 24.1.